The van der Waals surface area contributed by atoms with Crippen LogP contribution in [0.5, 0.6) is 0 Å². The molecule has 1 aromatic carbocycles. The van der Waals surface area contributed by atoms with E-state index in [1.165, 1.54) is 12.8 Å². The predicted octanol–water partition coefficient (Wildman–Crippen LogP) is 2.20. The molecule has 0 spiro atoms. The molecule has 1 aliphatic rings. The van der Waals surface area contributed by atoms with Crippen LogP contribution in [0.4, 0.5) is 4.79 Å². The van der Waals surface area contributed by atoms with Gasteiger partial charge in [0.25, 0.3) is 0 Å². The van der Waals surface area contributed by atoms with Gasteiger partial charge in [-0.2, -0.15) is 0 Å². The van der Waals surface area contributed by atoms with Crippen LogP contribution >= 0.6 is 0 Å². The molecule has 0 radical (unpaired) electrons. The highest BCUT2D eigenvalue weighted by Gasteiger charge is 2.25. The molecule has 4 nitrogen and oxygen atoms in total. The summed E-state index contributed by atoms with van der Waals surface area (Å²) in [6, 6.07) is 10.0. The van der Waals surface area contributed by atoms with E-state index in [4.69, 9.17) is 0 Å². The third-order valence-corrected chi connectivity index (χ3v) is 3.82. The van der Waals surface area contributed by atoms with E-state index in [1.54, 1.807) is 4.90 Å². The van der Waals surface area contributed by atoms with Gasteiger partial charge in [0.2, 0.25) is 0 Å². The van der Waals surface area contributed by atoms with Gasteiger partial charge in [-0.25, -0.2) is 4.79 Å². The Labute approximate surface area is 120 Å². The van der Waals surface area contributed by atoms with E-state index in [0.717, 1.165) is 12.1 Å². The Bertz CT molecular complexity index is 418. The number of urea groups is 1. The molecular weight excluding hydrogens is 252 g/mol. The Balaban J connectivity index is 1.83. The molecule has 110 valence electrons. The zero-order valence-corrected chi connectivity index (χ0v) is 12.1. The first-order valence-electron chi connectivity index (χ1n) is 7.35. The second-order valence-corrected chi connectivity index (χ2v) is 5.63. The summed E-state index contributed by atoms with van der Waals surface area (Å²) in [5.74, 6) is 0.868. The molecule has 0 saturated heterocycles. The van der Waals surface area contributed by atoms with E-state index in [0.29, 0.717) is 18.9 Å². The van der Waals surface area contributed by atoms with Crippen LogP contribution in [0.3, 0.4) is 0 Å². The third kappa shape index (κ3) is 4.53. The molecule has 0 aliphatic heterocycles. The zero-order chi connectivity index (χ0) is 14.4. The first-order valence-corrected chi connectivity index (χ1v) is 7.35. The molecule has 0 bridgehead atoms. The fourth-order valence-electron chi connectivity index (χ4n) is 2.38. The van der Waals surface area contributed by atoms with Gasteiger partial charge < -0.3 is 15.3 Å². The maximum Gasteiger partial charge on any atom is 0.317 e. The van der Waals surface area contributed by atoms with Crippen LogP contribution in [0.2, 0.25) is 0 Å². The maximum atomic E-state index is 12.0. The molecule has 0 heterocycles. The highest BCUT2D eigenvalue weighted by atomic mass is 16.3. The van der Waals surface area contributed by atoms with E-state index in [1.807, 2.05) is 37.4 Å². The number of carbonyl (C=O) groups excluding carboxylic acids is 1. The van der Waals surface area contributed by atoms with Crippen molar-refractivity contribution < 1.29 is 9.90 Å². The van der Waals surface area contributed by atoms with E-state index in [2.05, 4.69) is 5.32 Å². The maximum absolute atomic E-state index is 12.0. The molecule has 20 heavy (non-hydrogen) atoms. The van der Waals surface area contributed by atoms with E-state index in [-0.39, 0.29) is 18.6 Å². The average molecular weight is 276 g/mol. The SMILES string of the molecule is CN(CC1CC1)C(=O)NCC(CCO)c1ccccc1. The van der Waals surface area contributed by atoms with Gasteiger partial charge in [-0.05, 0) is 30.7 Å². The van der Waals surface area contributed by atoms with E-state index >= 15 is 0 Å². The Hall–Kier alpha value is -1.55. The first-order chi connectivity index (χ1) is 9.70. The van der Waals surface area contributed by atoms with Gasteiger partial charge >= 0.3 is 6.03 Å². The quantitative estimate of drug-likeness (QED) is 0.802. The van der Waals surface area contributed by atoms with Crippen molar-refractivity contribution in [3.8, 4) is 0 Å². The lowest BCUT2D eigenvalue weighted by Crippen LogP contribution is -2.40. The number of amides is 2. The summed E-state index contributed by atoms with van der Waals surface area (Å²) >= 11 is 0. The van der Waals surface area contributed by atoms with Crippen molar-refractivity contribution in [3.63, 3.8) is 0 Å². The molecule has 4 heteroatoms. The molecule has 1 atom stereocenters. The summed E-state index contributed by atoms with van der Waals surface area (Å²) in [7, 11) is 1.84. The number of rotatable bonds is 7. The third-order valence-electron chi connectivity index (χ3n) is 3.82. The first kappa shape index (κ1) is 14.9. The molecule has 1 saturated carbocycles. The second kappa shape index (κ2) is 7.29. The largest absolute Gasteiger partial charge is 0.396 e. The number of aliphatic hydroxyl groups excluding tert-OH is 1. The normalized spacial score (nSPS) is 15.7. The Morgan fingerprint density at radius 2 is 2.10 bits per heavy atom. The number of benzene rings is 1. The van der Waals surface area contributed by atoms with Crippen LogP contribution < -0.4 is 5.32 Å². The summed E-state index contributed by atoms with van der Waals surface area (Å²) in [6.45, 7) is 1.55. The van der Waals surface area contributed by atoms with Gasteiger partial charge in [0.05, 0.1) is 0 Å². The van der Waals surface area contributed by atoms with Crippen LogP contribution in [0.15, 0.2) is 30.3 Å². The van der Waals surface area contributed by atoms with Gasteiger partial charge in [0.15, 0.2) is 0 Å². The van der Waals surface area contributed by atoms with Gasteiger partial charge in [-0.15, -0.1) is 0 Å². The summed E-state index contributed by atoms with van der Waals surface area (Å²) in [5.41, 5.74) is 1.16. The minimum absolute atomic E-state index is 0.0178. The highest BCUT2D eigenvalue weighted by molar-refractivity contribution is 5.73. The fraction of sp³-hybridized carbons (Fsp3) is 0.562. The van der Waals surface area contributed by atoms with Crippen molar-refractivity contribution in [1.82, 2.24) is 10.2 Å². The lowest BCUT2D eigenvalue weighted by atomic mass is 9.96. The van der Waals surface area contributed by atoms with Crippen molar-refractivity contribution in [2.45, 2.75) is 25.2 Å². The van der Waals surface area contributed by atoms with Crippen LogP contribution in [0.1, 0.15) is 30.7 Å². The van der Waals surface area contributed by atoms with Gasteiger partial charge in [-0.1, -0.05) is 30.3 Å². The van der Waals surface area contributed by atoms with Crippen LogP contribution in [0.25, 0.3) is 0 Å². The number of nitrogens with zero attached hydrogens (tertiary/aromatic N) is 1. The Morgan fingerprint density at radius 3 is 2.70 bits per heavy atom. The topological polar surface area (TPSA) is 52.6 Å². The predicted molar refractivity (Wildman–Crippen MR) is 79.6 cm³/mol. The molecule has 2 amide bonds. The van der Waals surface area contributed by atoms with Crippen molar-refractivity contribution in [1.29, 1.82) is 0 Å². The van der Waals surface area contributed by atoms with Crippen LogP contribution in [0, 0.1) is 5.92 Å². The highest BCUT2D eigenvalue weighted by Crippen LogP contribution is 2.29. The van der Waals surface area contributed by atoms with E-state index < -0.39 is 0 Å². The zero-order valence-electron chi connectivity index (χ0n) is 12.1. The van der Waals surface area contributed by atoms with E-state index in [9.17, 15) is 9.90 Å². The van der Waals surface area contributed by atoms with Gasteiger partial charge in [-0.3, -0.25) is 0 Å². The number of hydrogen-bond acceptors (Lipinski definition) is 2. The number of hydrogen-bond donors (Lipinski definition) is 2. The summed E-state index contributed by atoms with van der Waals surface area (Å²) in [4.78, 5) is 13.8. The standard InChI is InChI=1S/C16H24N2O2/c1-18(12-13-7-8-13)16(20)17-11-15(9-10-19)14-5-3-2-4-6-14/h2-6,13,15,19H,7-12H2,1H3,(H,17,20). The van der Waals surface area contributed by atoms with Gasteiger partial charge in [0, 0.05) is 32.7 Å². The molecule has 1 fully saturated rings. The molecule has 0 aromatic heterocycles. The summed E-state index contributed by atoms with van der Waals surface area (Å²) < 4.78 is 0. The average Bonchev–Trinajstić information content (AvgIpc) is 3.28. The molecule has 1 aliphatic carbocycles. The lowest BCUT2D eigenvalue weighted by Gasteiger charge is -2.21. The number of aliphatic hydroxyl groups is 1. The fourth-order valence-corrected chi connectivity index (χ4v) is 2.38. The monoisotopic (exact) mass is 276 g/mol. The Morgan fingerprint density at radius 1 is 1.40 bits per heavy atom. The molecule has 2 rings (SSSR count). The summed E-state index contributed by atoms with van der Waals surface area (Å²) in [5, 5.41) is 12.2. The summed E-state index contributed by atoms with van der Waals surface area (Å²) in [6.07, 6.45) is 3.15. The number of nitrogens with one attached hydrogen (secondary N) is 1. The Kier molecular flexibility index (Phi) is 5.41. The van der Waals surface area contributed by atoms with Crippen LogP contribution in [-0.4, -0.2) is 42.8 Å². The van der Waals surface area contributed by atoms with Crippen molar-refractivity contribution in [2.24, 2.45) is 5.92 Å². The molecular formula is C16H24N2O2. The second-order valence-electron chi connectivity index (χ2n) is 5.63. The minimum atomic E-state index is -0.0178. The smallest absolute Gasteiger partial charge is 0.317 e. The number of carbonyl (C=O) groups is 1. The molecule has 1 unspecified atom stereocenters. The van der Waals surface area contributed by atoms with Crippen molar-refractivity contribution in [3.05, 3.63) is 35.9 Å². The van der Waals surface area contributed by atoms with Crippen molar-refractivity contribution >= 4 is 6.03 Å². The van der Waals surface area contributed by atoms with Crippen LogP contribution in [-0.2, 0) is 0 Å². The van der Waals surface area contributed by atoms with Gasteiger partial charge in [0.1, 0.15) is 0 Å². The molecule has 2 N–H and O–H groups in total. The molecule has 1 aromatic rings. The van der Waals surface area contributed by atoms with Crippen molar-refractivity contribution in [2.75, 3.05) is 26.7 Å². The minimum Gasteiger partial charge on any atom is -0.396 e. The lowest BCUT2D eigenvalue weighted by molar-refractivity contribution is 0.205.